The number of nitrogens with zero attached hydrogens (tertiary/aromatic N) is 2. The molecule has 0 saturated carbocycles. The number of carboxylic acid groups (broad SMARTS) is 1. The lowest BCUT2D eigenvalue weighted by molar-refractivity contribution is -0.192. The Labute approximate surface area is 254 Å². The molecule has 0 spiro atoms. The molecule has 0 aliphatic carbocycles. The van der Waals surface area contributed by atoms with Crippen molar-refractivity contribution in [2.75, 3.05) is 28.3 Å². The van der Waals surface area contributed by atoms with Gasteiger partial charge in [0.1, 0.15) is 18.0 Å². The molecule has 0 bridgehead atoms. The van der Waals surface area contributed by atoms with Crippen molar-refractivity contribution in [2.45, 2.75) is 6.18 Å². The normalized spacial score (nSPS) is 10.6. The highest BCUT2D eigenvalue weighted by molar-refractivity contribution is 6.05. The Hall–Kier alpha value is -5.99. The minimum Gasteiger partial charge on any atom is -0.475 e. The molecular formula is C30H29F3N6O6. The number of nitrogens with one attached hydrogen (secondary N) is 3. The number of carbonyl (C=O) groups is 4. The number of rotatable bonds is 8. The molecule has 236 valence electrons. The lowest BCUT2D eigenvalue weighted by Gasteiger charge is -2.08. The van der Waals surface area contributed by atoms with Crippen LogP contribution in [0.2, 0.25) is 0 Å². The number of nitrogens with two attached hydrogens (primary N) is 1. The molecule has 0 fully saturated rings. The number of hydrogen-bond acceptors (Lipinski definition) is 6. The van der Waals surface area contributed by atoms with Crippen molar-refractivity contribution in [1.29, 1.82) is 0 Å². The third kappa shape index (κ3) is 9.51. The van der Waals surface area contributed by atoms with Gasteiger partial charge in [-0.25, -0.2) is 9.59 Å². The summed E-state index contributed by atoms with van der Waals surface area (Å²) in [6, 6.07) is 17.4. The summed E-state index contributed by atoms with van der Waals surface area (Å²) in [7, 11) is 3.55. The number of aliphatic carboxylic acids is 1. The summed E-state index contributed by atoms with van der Waals surface area (Å²) < 4.78 is 40.0. The zero-order valence-corrected chi connectivity index (χ0v) is 24.0. The van der Waals surface area contributed by atoms with Gasteiger partial charge in [-0.05, 0) is 54.1 Å². The third-order valence-corrected chi connectivity index (χ3v) is 5.94. The smallest absolute Gasteiger partial charge is 0.475 e. The number of nitrogen functional groups attached to an aromatic ring is 1. The molecular weight excluding hydrogens is 597 g/mol. The fourth-order valence-corrected chi connectivity index (χ4v) is 3.83. The highest BCUT2D eigenvalue weighted by atomic mass is 19.4. The van der Waals surface area contributed by atoms with Gasteiger partial charge >= 0.3 is 18.2 Å². The second-order valence-corrected chi connectivity index (χ2v) is 9.37. The molecule has 12 nitrogen and oxygen atoms in total. The van der Waals surface area contributed by atoms with Crippen LogP contribution < -0.4 is 21.7 Å². The summed E-state index contributed by atoms with van der Waals surface area (Å²) in [6.45, 7) is 3.60. The van der Waals surface area contributed by atoms with Gasteiger partial charge in [0.05, 0.1) is 5.69 Å². The van der Waals surface area contributed by atoms with Crippen molar-refractivity contribution in [3.8, 4) is 11.1 Å². The van der Waals surface area contributed by atoms with Crippen LogP contribution in [0.3, 0.4) is 0 Å². The first kappa shape index (κ1) is 33.5. The molecule has 4 aromatic rings. The Bertz CT molecular complexity index is 1690. The number of anilines is 4. The van der Waals surface area contributed by atoms with Gasteiger partial charge in [-0.3, -0.25) is 14.9 Å². The maximum atomic E-state index is 12.9. The van der Waals surface area contributed by atoms with Crippen LogP contribution >= 0.6 is 0 Å². The fraction of sp³-hybridized carbons (Fsp3) is 0.133. The van der Waals surface area contributed by atoms with Gasteiger partial charge in [-0.2, -0.15) is 13.2 Å². The summed E-state index contributed by atoms with van der Waals surface area (Å²) in [4.78, 5) is 46.0. The van der Waals surface area contributed by atoms with Crippen molar-refractivity contribution in [3.05, 3.63) is 97.1 Å². The molecule has 15 heteroatoms. The molecule has 0 atom stereocenters. The zero-order chi connectivity index (χ0) is 33.3. The second-order valence-electron chi connectivity index (χ2n) is 9.37. The van der Waals surface area contributed by atoms with Crippen LogP contribution in [0.25, 0.3) is 11.1 Å². The molecule has 2 aromatic heterocycles. The fourth-order valence-electron chi connectivity index (χ4n) is 3.83. The van der Waals surface area contributed by atoms with Crippen molar-refractivity contribution in [1.82, 2.24) is 9.13 Å². The highest BCUT2D eigenvalue weighted by Gasteiger charge is 2.38. The number of hydrogen-bond donors (Lipinski definition) is 5. The summed E-state index contributed by atoms with van der Waals surface area (Å²) >= 11 is 0. The van der Waals surface area contributed by atoms with E-state index in [1.54, 1.807) is 78.0 Å². The van der Waals surface area contributed by atoms with Gasteiger partial charge < -0.3 is 35.3 Å². The quantitative estimate of drug-likeness (QED) is 0.161. The number of ether oxygens (including phenoxy) is 1. The number of carbonyl (C=O) groups excluding carboxylic acids is 3. The minimum atomic E-state index is -5.08. The van der Waals surface area contributed by atoms with E-state index < -0.39 is 18.2 Å². The molecule has 0 aliphatic heterocycles. The molecule has 45 heavy (non-hydrogen) atoms. The maximum absolute atomic E-state index is 12.9. The lowest BCUT2D eigenvalue weighted by atomic mass is 10.1. The van der Waals surface area contributed by atoms with E-state index in [0.29, 0.717) is 34.1 Å². The van der Waals surface area contributed by atoms with Crippen LogP contribution in [0, 0.1) is 0 Å². The molecule has 0 radical (unpaired) electrons. The van der Waals surface area contributed by atoms with Crippen LogP contribution in [0.1, 0.15) is 21.0 Å². The average molecular weight is 627 g/mol. The average Bonchev–Trinajstić information content (AvgIpc) is 3.54. The molecule has 2 heterocycles. The van der Waals surface area contributed by atoms with Gasteiger partial charge in [0, 0.05) is 49.1 Å². The van der Waals surface area contributed by atoms with Gasteiger partial charge in [0.25, 0.3) is 11.8 Å². The topological polar surface area (TPSA) is 170 Å². The first-order valence-corrected chi connectivity index (χ1v) is 12.9. The monoisotopic (exact) mass is 626 g/mol. The molecule has 6 N–H and O–H groups in total. The molecule has 4 rings (SSSR count). The van der Waals surface area contributed by atoms with E-state index in [9.17, 15) is 27.6 Å². The number of alkyl halides is 3. The van der Waals surface area contributed by atoms with E-state index in [2.05, 4.69) is 22.5 Å². The first-order chi connectivity index (χ1) is 21.2. The first-order valence-electron chi connectivity index (χ1n) is 12.9. The van der Waals surface area contributed by atoms with Crippen molar-refractivity contribution in [2.24, 2.45) is 14.1 Å². The summed E-state index contributed by atoms with van der Waals surface area (Å²) in [6.07, 6.45) is -0.657. The van der Waals surface area contributed by atoms with Crippen LogP contribution in [-0.2, 0) is 23.6 Å². The number of aryl methyl sites for hydroxylation is 2. The van der Waals surface area contributed by atoms with Gasteiger partial charge in [-0.1, -0.05) is 24.8 Å². The lowest BCUT2D eigenvalue weighted by Crippen LogP contribution is -2.21. The number of amides is 3. The predicted molar refractivity (Wildman–Crippen MR) is 162 cm³/mol. The molecule has 2 aromatic carbocycles. The minimum absolute atomic E-state index is 0.115. The standard InChI is InChI=1S/C28H28N6O4.C2HF3O2/c1-4-13-38-28(37)32-23-11-9-22(10-12-23)31-26(35)24-14-19(16-33(24)2)18-5-7-21(8-6-18)30-27(36)25-15-20(29)17-34(25)3;3-2(4,5)1(6)7/h4-12,14-17H,1,13,29H2,2-3H3,(H,30,36)(H,31,35)(H,32,37);(H,6,7). The Morgan fingerprint density at radius 1 is 0.822 bits per heavy atom. The third-order valence-electron chi connectivity index (χ3n) is 5.94. The summed E-state index contributed by atoms with van der Waals surface area (Å²) in [5.74, 6) is -3.30. The highest BCUT2D eigenvalue weighted by Crippen LogP contribution is 2.25. The number of benzene rings is 2. The summed E-state index contributed by atoms with van der Waals surface area (Å²) in [5, 5.41) is 15.4. The molecule has 0 saturated heterocycles. The van der Waals surface area contributed by atoms with Crippen molar-refractivity contribution in [3.63, 3.8) is 0 Å². The zero-order valence-electron chi connectivity index (χ0n) is 24.0. The molecule has 0 aliphatic rings. The van der Waals surface area contributed by atoms with E-state index in [4.69, 9.17) is 20.4 Å². The Morgan fingerprint density at radius 2 is 1.27 bits per heavy atom. The maximum Gasteiger partial charge on any atom is 0.490 e. The van der Waals surface area contributed by atoms with Gasteiger partial charge in [0.2, 0.25) is 0 Å². The van der Waals surface area contributed by atoms with Crippen molar-refractivity contribution < 1.29 is 42.2 Å². The SMILES string of the molecule is C=CCOC(=O)Nc1ccc(NC(=O)c2cc(-c3ccc(NC(=O)c4cc(N)cn4C)cc3)cn2C)cc1.O=C(O)C(F)(F)F. The van der Waals surface area contributed by atoms with E-state index in [-0.39, 0.29) is 18.4 Å². The number of carboxylic acids is 1. The van der Waals surface area contributed by atoms with E-state index in [1.165, 1.54) is 6.08 Å². The van der Waals surface area contributed by atoms with E-state index in [1.807, 2.05) is 18.3 Å². The van der Waals surface area contributed by atoms with Crippen LogP contribution in [0.5, 0.6) is 0 Å². The number of halogens is 3. The van der Waals surface area contributed by atoms with E-state index >= 15 is 0 Å². The van der Waals surface area contributed by atoms with Crippen LogP contribution in [0.4, 0.5) is 40.7 Å². The Balaban J connectivity index is 0.000000707. The van der Waals surface area contributed by atoms with Crippen LogP contribution in [-0.4, -0.2) is 50.9 Å². The van der Waals surface area contributed by atoms with Crippen LogP contribution in [0.15, 0.2) is 85.7 Å². The van der Waals surface area contributed by atoms with E-state index in [0.717, 1.165) is 11.1 Å². The Kier molecular flexibility index (Phi) is 10.8. The van der Waals surface area contributed by atoms with Gasteiger partial charge in [-0.15, -0.1) is 0 Å². The van der Waals surface area contributed by atoms with Crippen molar-refractivity contribution >= 4 is 46.6 Å². The largest absolute Gasteiger partial charge is 0.490 e. The number of aromatic nitrogens is 2. The second kappa shape index (κ2) is 14.5. The van der Waals surface area contributed by atoms with Gasteiger partial charge in [0.15, 0.2) is 0 Å². The molecule has 0 unspecified atom stereocenters. The predicted octanol–water partition coefficient (Wildman–Crippen LogP) is 5.49. The Morgan fingerprint density at radius 3 is 1.71 bits per heavy atom. The summed E-state index contributed by atoms with van der Waals surface area (Å²) in [5.41, 5.74) is 10.7. The molecule has 3 amide bonds.